The van der Waals surface area contributed by atoms with Crippen LogP contribution in [0.2, 0.25) is 0 Å². The first-order chi connectivity index (χ1) is 8.84. The lowest BCUT2D eigenvalue weighted by molar-refractivity contribution is -0.140. The lowest BCUT2D eigenvalue weighted by Crippen LogP contribution is -2.18. The number of methoxy groups -OCH3 is 1. The topological polar surface area (TPSA) is 72.5 Å². The molecule has 0 unspecified atom stereocenters. The molecule has 5 nitrogen and oxygen atoms in total. The van der Waals surface area contributed by atoms with E-state index < -0.39 is 16.0 Å². The van der Waals surface area contributed by atoms with E-state index in [4.69, 9.17) is 0 Å². The zero-order valence-electron chi connectivity index (χ0n) is 10.8. The van der Waals surface area contributed by atoms with Gasteiger partial charge in [-0.3, -0.25) is 9.52 Å². The zero-order valence-corrected chi connectivity index (χ0v) is 13.7. The van der Waals surface area contributed by atoms with Crippen LogP contribution in [-0.4, -0.2) is 27.2 Å². The van der Waals surface area contributed by atoms with Crippen molar-refractivity contribution in [2.24, 2.45) is 0 Å². The number of carbonyl (C=O) groups is 1. The average Bonchev–Trinajstić information content (AvgIpc) is 2.32. The molecule has 0 heterocycles. The number of benzene rings is 1. The van der Waals surface area contributed by atoms with Crippen LogP contribution in [-0.2, 0) is 19.6 Å². The number of hydrogen-bond donors (Lipinski definition) is 1. The van der Waals surface area contributed by atoms with E-state index in [-0.39, 0.29) is 18.6 Å². The minimum absolute atomic E-state index is 0.100. The zero-order chi connectivity index (χ0) is 14.5. The summed E-state index contributed by atoms with van der Waals surface area (Å²) in [6, 6.07) is 5.46. The summed E-state index contributed by atoms with van der Waals surface area (Å²) < 4.78 is 31.7. The van der Waals surface area contributed by atoms with Crippen molar-refractivity contribution >= 4 is 44.3 Å². The van der Waals surface area contributed by atoms with Crippen LogP contribution in [0.3, 0.4) is 0 Å². The van der Waals surface area contributed by atoms with Crippen LogP contribution in [0.4, 0.5) is 5.69 Å². The molecule has 0 bridgehead atoms. The molecule has 7 heteroatoms. The van der Waals surface area contributed by atoms with Crippen molar-refractivity contribution < 1.29 is 17.9 Å². The van der Waals surface area contributed by atoms with Gasteiger partial charge in [-0.1, -0.05) is 0 Å². The summed E-state index contributed by atoms with van der Waals surface area (Å²) in [6.07, 6.45) is 0.342. The van der Waals surface area contributed by atoms with E-state index in [1.807, 2.05) is 19.1 Å². The molecule has 1 aromatic carbocycles. The summed E-state index contributed by atoms with van der Waals surface area (Å²) in [6.45, 7) is 1.84. The third kappa shape index (κ3) is 5.77. The van der Waals surface area contributed by atoms with Gasteiger partial charge in [0.15, 0.2) is 0 Å². The van der Waals surface area contributed by atoms with Gasteiger partial charge in [0.2, 0.25) is 10.0 Å². The van der Waals surface area contributed by atoms with Crippen LogP contribution >= 0.6 is 22.6 Å². The van der Waals surface area contributed by atoms with Crippen LogP contribution in [0.5, 0.6) is 0 Å². The van der Waals surface area contributed by atoms with E-state index in [9.17, 15) is 13.2 Å². The molecule has 0 aliphatic heterocycles. The molecule has 1 N–H and O–H groups in total. The Morgan fingerprint density at radius 1 is 1.42 bits per heavy atom. The molecule has 0 aromatic heterocycles. The number of nitrogens with one attached hydrogen (secondary N) is 1. The van der Waals surface area contributed by atoms with Gasteiger partial charge >= 0.3 is 5.97 Å². The lowest BCUT2D eigenvalue weighted by atomic mass is 10.2. The number of esters is 1. The van der Waals surface area contributed by atoms with Crippen molar-refractivity contribution in [2.45, 2.75) is 19.8 Å². The van der Waals surface area contributed by atoms with E-state index in [0.717, 1.165) is 9.13 Å². The van der Waals surface area contributed by atoms with Crippen LogP contribution in [0.25, 0.3) is 0 Å². The van der Waals surface area contributed by atoms with Gasteiger partial charge in [0.05, 0.1) is 18.6 Å². The fraction of sp³-hybridized carbons (Fsp3) is 0.417. The van der Waals surface area contributed by atoms with Crippen molar-refractivity contribution in [1.29, 1.82) is 0 Å². The summed E-state index contributed by atoms with van der Waals surface area (Å²) in [5.41, 5.74) is 1.43. The molecule has 0 saturated heterocycles. The number of sulfonamides is 1. The Morgan fingerprint density at radius 2 is 2.11 bits per heavy atom. The van der Waals surface area contributed by atoms with Gasteiger partial charge in [-0.25, -0.2) is 8.42 Å². The Kier molecular flexibility index (Phi) is 6.05. The SMILES string of the molecule is COC(=O)CCCS(=O)(=O)Nc1ccc(I)cc1C. The third-order valence-corrected chi connectivity index (χ3v) is 4.50. The van der Waals surface area contributed by atoms with Crippen LogP contribution in [0.1, 0.15) is 18.4 Å². The fourth-order valence-electron chi connectivity index (χ4n) is 1.47. The number of rotatable bonds is 6. The fourth-order valence-corrected chi connectivity index (χ4v) is 3.31. The van der Waals surface area contributed by atoms with Gasteiger partial charge in [0, 0.05) is 9.99 Å². The summed E-state index contributed by atoms with van der Waals surface area (Å²) in [4.78, 5) is 10.9. The highest BCUT2D eigenvalue weighted by Gasteiger charge is 2.13. The first kappa shape index (κ1) is 16.2. The standard InChI is InChI=1S/C12H16INO4S/c1-9-8-10(13)5-6-11(9)14-19(16,17)7-3-4-12(15)18-2/h5-6,8,14H,3-4,7H2,1-2H3. The van der Waals surface area contributed by atoms with Gasteiger partial charge in [-0.15, -0.1) is 0 Å². The Balaban J connectivity index is 2.61. The molecule has 19 heavy (non-hydrogen) atoms. The third-order valence-electron chi connectivity index (χ3n) is 2.48. The predicted molar refractivity (Wildman–Crippen MR) is 82.6 cm³/mol. The molecule has 0 amide bonds. The maximum Gasteiger partial charge on any atom is 0.305 e. The van der Waals surface area contributed by atoms with Crippen molar-refractivity contribution in [3.63, 3.8) is 0 Å². The second-order valence-corrected chi connectivity index (χ2v) is 7.15. The van der Waals surface area contributed by atoms with Gasteiger partial charge in [0.1, 0.15) is 0 Å². The Hall–Kier alpha value is -0.830. The molecule has 1 aromatic rings. The molecule has 106 valence electrons. The molecular weight excluding hydrogens is 381 g/mol. The van der Waals surface area contributed by atoms with Crippen LogP contribution in [0.15, 0.2) is 18.2 Å². The summed E-state index contributed by atoms with van der Waals surface area (Å²) in [7, 11) is -2.15. The first-order valence-corrected chi connectivity index (χ1v) is 8.40. The van der Waals surface area contributed by atoms with Crippen molar-refractivity contribution in [1.82, 2.24) is 0 Å². The van der Waals surface area contributed by atoms with Gasteiger partial charge < -0.3 is 4.74 Å². The molecule has 0 atom stereocenters. The Labute approximate surface area is 126 Å². The van der Waals surface area contributed by atoms with Crippen LogP contribution < -0.4 is 4.72 Å². The van der Waals surface area contributed by atoms with Gasteiger partial charge in [-0.2, -0.15) is 0 Å². The highest BCUT2D eigenvalue weighted by atomic mass is 127. The molecular formula is C12H16INO4S. The summed E-state index contributed by atoms with van der Waals surface area (Å²) >= 11 is 2.16. The minimum atomic E-state index is -3.43. The minimum Gasteiger partial charge on any atom is -0.469 e. The highest BCUT2D eigenvalue weighted by Crippen LogP contribution is 2.19. The molecule has 0 fully saturated rings. The normalized spacial score (nSPS) is 11.1. The number of carbonyl (C=O) groups excluding carboxylic acids is 1. The number of aryl methyl sites for hydroxylation is 1. The maximum atomic E-state index is 11.8. The van der Waals surface area contributed by atoms with E-state index in [1.54, 1.807) is 6.07 Å². The number of halogens is 1. The average molecular weight is 397 g/mol. The number of ether oxygens (including phenoxy) is 1. The summed E-state index contributed by atoms with van der Waals surface area (Å²) in [5.74, 6) is -0.506. The van der Waals surface area contributed by atoms with E-state index in [2.05, 4.69) is 32.0 Å². The van der Waals surface area contributed by atoms with Gasteiger partial charge in [-0.05, 0) is 59.7 Å². The van der Waals surface area contributed by atoms with E-state index in [0.29, 0.717) is 5.69 Å². The van der Waals surface area contributed by atoms with Crippen LogP contribution in [0, 0.1) is 10.5 Å². The monoisotopic (exact) mass is 397 g/mol. The highest BCUT2D eigenvalue weighted by molar-refractivity contribution is 14.1. The number of hydrogen-bond acceptors (Lipinski definition) is 4. The molecule has 0 aliphatic carbocycles. The molecule has 0 saturated carbocycles. The molecule has 0 radical (unpaired) electrons. The first-order valence-electron chi connectivity index (χ1n) is 5.67. The predicted octanol–water partition coefficient (Wildman–Crippen LogP) is 2.29. The second-order valence-electron chi connectivity index (χ2n) is 4.06. The molecule has 0 spiro atoms. The molecule has 0 aliphatic rings. The lowest BCUT2D eigenvalue weighted by Gasteiger charge is -2.10. The van der Waals surface area contributed by atoms with E-state index >= 15 is 0 Å². The van der Waals surface area contributed by atoms with Crippen molar-refractivity contribution in [3.05, 3.63) is 27.3 Å². The quantitative estimate of drug-likeness (QED) is 0.591. The largest absolute Gasteiger partial charge is 0.469 e. The number of anilines is 1. The van der Waals surface area contributed by atoms with E-state index in [1.165, 1.54) is 7.11 Å². The Bertz CT molecular complexity index is 557. The van der Waals surface area contributed by atoms with Gasteiger partial charge in [0.25, 0.3) is 0 Å². The smallest absolute Gasteiger partial charge is 0.305 e. The molecule has 1 rings (SSSR count). The second kappa shape index (κ2) is 7.09. The maximum absolute atomic E-state index is 11.8. The van der Waals surface area contributed by atoms with Crippen molar-refractivity contribution in [3.8, 4) is 0 Å². The Morgan fingerprint density at radius 3 is 2.68 bits per heavy atom. The summed E-state index contributed by atoms with van der Waals surface area (Å²) in [5, 5.41) is 0. The van der Waals surface area contributed by atoms with Crippen molar-refractivity contribution in [2.75, 3.05) is 17.6 Å².